The summed E-state index contributed by atoms with van der Waals surface area (Å²) in [6.45, 7) is 0. The minimum Gasteiger partial charge on any atom is -0.497 e. The lowest BCUT2D eigenvalue weighted by molar-refractivity contribution is 0.372. The average molecular weight is 205 g/mol. The Morgan fingerprint density at radius 3 is 2.46 bits per heavy atom. The molecule has 0 aliphatic heterocycles. The first kappa shape index (κ1) is 10.1. The quantitative estimate of drug-likeness (QED) is 0.705. The number of alkyl halides is 1. The van der Waals surface area contributed by atoms with Gasteiger partial charge in [-0.15, -0.1) is 11.6 Å². The van der Waals surface area contributed by atoms with E-state index in [0.29, 0.717) is 11.3 Å². The van der Waals surface area contributed by atoms with Crippen LogP contribution in [0.2, 0.25) is 0 Å². The molecule has 2 nitrogen and oxygen atoms in total. The molecule has 1 aromatic carbocycles. The lowest BCUT2D eigenvalue weighted by atomic mass is 10.2. The molecule has 0 bridgehead atoms. The first-order valence-electron chi connectivity index (χ1n) is 3.69. The van der Waals surface area contributed by atoms with Crippen molar-refractivity contribution in [2.45, 2.75) is 5.88 Å². The van der Waals surface area contributed by atoms with E-state index in [1.165, 1.54) is 20.3 Å². The fourth-order valence-electron chi connectivity index (χ4n) is 0.991. The number of rotatable bonds is 3. The molecule has 0 N–H and O–H groups in total. The SMILES string of the molecule is COc1cc(CCl)c(F)c(OC)c1. The number of ether oxygens (including phenoxy) is 2. The van der Waals surface area contributed by atoms with Gasteiger partial charge in [-0.3, -0.25) is 0 Å². The molecular weight excluding hydrogens is 195 g/mol. The van der Waals surface area contributed by atoms with E-state index in [0.717, 1.165) is 0 Å². The zero-order chi connectivity index (χ0) is 9.84. The van der Waals surface area contributed by atoms with E-state index in [-0.39, 0.29) is 11.6 Å². The molecule has 0 aromatic heterocycles. The van der Waals surface area contributed by atoms with Crippen LogP contribution in [-0.2, 0) is 5.88 Å². The van der Waals surface area contributed by atoms with Gasteiger partial charge in [0.15, 0.2) is 11.6 Å². The van der Waals surface area contributed by atoms with Crippen LogP contribution in [0.1, 0.15) is 5.56 Å². The molecule has 0 saturated heterocycles. The smallest absolute Gasteiger partial charge is 0.169 e. The maximum atomic E-state index is 13.3. The molecule has 0 amide bonds. The molecule has 1 rings (SSSR count). The second kappa shape index (κ2) is 4.33. The molecule has 0 aliphatic rings. The molecule has 1 aromatic rings. The van der Waals surface area contributed by atoms with E-state index >= 15 is 0 Å². The Kier molecular flexibility index (Phi) is 3.37. The van der Waals surface area contributed by atoms with Crippen molar-refractivity contribution < 1.29 is 13.9 Å². The van der Waals surface area contributed by atoms with E-state index < -0.39 is 5.82 Å². The van der Waals surface area contributed by atoms with E-state index in [1.54, 1.807) is 6.07 Å². The zero-order valence-corrected chi connectivity index (χ0v) is 8.19. The normalized spacial score (nSPS) is 9.85. The predicted molar refractivity (Wildman–Crippen MR) is 49.1 cm³/mol. The topological polar surface area (TPSA) is 18.5 Å². The van der Waals surface area contributed by atoms with Crippen LogP contribution in [0.3, 0.4) is 0 Å². The van der Waals surface area contributed by atoms with Crippen LogP contribution in [0.5, 0.6) is 11.5 Å². The Labute approximate surface area is 81.2 Å². The maximum Gasteiger partial charge on any atom is 0.169 e. The Morgan fingerprint density at radius 2 is 2.00 bits per heavy atom. The van der Waals surface area contributed by atoms with Gasteiger partial charge < -0.3 is 9.47 Å². The van der Waals surface area contributed by atoms with E-state index in [1.807, 2.05) is 0 Å². The molecule has 0 saturated carbocycles. The molecule has 0 atom stereocenters. The number of methoxy groups -OCH3 is 2. The van der Waals surface area contributed by atoms with Crippen LogP contribution in [0.15, 0.2) is 12.1 Å². The summed E-state index contributed by atoms with van der Waals surface area (Å²) >= 11 is 5.54. The van der Waals surface area contributed by atoms with Crippen molar-refractivity contribution in [1.82, 2.24) is 0 Å². The second-order valence-corrected chi connectivity index (χ2v) is 2.70. The summed E-state index contributed by atoms with van der Waals surface area (Å²) < 4.78 is 23.1. The Morgan fingerprint density at radius 1 is 1.31 bits per heavy atom. The van der Waals surface area contributed by atoms with Gasteiger partial charge in [-0.1, -0.05) is 0 Å². The van der Waals surface area contributed by atoms with E-state index in [2.05, 4.69) is 0 Å². The van der Waals surface area contributed by atoms with Gasteiger partial charge in [0.05, 0.1) is 20.1 Å². The van der Waals surface area contributed by atoms with Crippen LogP contribution in [0.4, 0.5) is 4.39 Å². The lowest BCUT2D eigenvalue weighted by Gasteiger charge is -2.08. The van der Waals surface area contributed by atoms with Crippen LogP contribution in [-0.4, -0.2) is 14.2 Å². The molecule has 0 heterocycles. The molecule has 0 aliphatic carbocycles. The minimum absolute atomic E-state index is 0.0966. The Balaban J connectivity index is 3.20. The summed E-state index contributed by atoms with van der Waals surface area (Å²) in [4.78, 5) is 0. The molecule has 0 spiro atoms. The second-order valence-electron chi connectivity index (χ2n) is 2.44. The van der Waals surface area contributed by atoms with E-state index in [4.69, 9.17) is 21.1 Å². The summed E-state index contributed by atoms with van der Waals surface area (Å²) in [5.74, 6) is 0.349. The van der Waals surface area contributed by atoms with Crippen LogP contribution >= 0.6 is 11.6 Å². The Hall–Kier alpha value is -0.960. The molecule has 0 radical (unpaired) electrons. The standard InChI is InChI=1S/C9H10ClFO2/c1-12-7-3-6(5-10)9(11)8(4-7)13-2/h3-4H,5H2,1-2H3. The first-order chi connectivity index (χ1) is 6.22. The van der Waals surface area contributed by atoms with Gasteiger partial charge in [-0.25, -0.2) is 4.39 Å². The van der Waals surface area contributed by atoms with Crippen molar-refractivity contribution in [2.75, 3.05) is 14.2 Å². The highest BCUT2D eigenvalue weighted by atomic mass is 35.5. The Bertz CT molecular complexity index is 277. The van der Waals surface area contributed by atoms with Crippen LogP contribution < -0.4 is 9.47 Å². The fourth-order valence-corrected chi connectivity index (χ4v) is 1.19. The van der Waals surface area contributed by atoms with Gasteiger partial charge in [0.1, 0.15) is 5.75 Å². The number of halogens is 2. The molecule has 4 heteroatoms. The average Bonchev–Trinajstić information content (AvgIpc) is 2.18. The number of hydrogen-bond donors (Lipinski definition) is 0. The van der Waals surface area contributed by atoms with Crippen molar-refractivity contribution in [3.8, 4) is 11.5 Å². The minimum atomic E-state index is -0.432. The summed E-state index contributed by atoms with van der Waals surface area (Å²) in [6, 6.07) is 3.02. The molecule has 0 fully saturated rings. The summed E-state index contributed by atoms with van der Waals surface area (Å²) in [7, 11) is 2.90. The van der Waals surface area contributed by atoms with Crippen molar-refractivity contribution in [1.29, 1.82) is 0 Å². The highest BCUT2D eigenvalue weighted by Gasteiger charge is 2.10. The van der Waals surface area contributed by atoms with Gasteiger partial charge in [0, 0.05) is 11.6 Å². The van der Waals surface area contributed by atoms with Gasteiger partial charge in [-0.05, 0) is 6.07 Å². The maximum absolute atomic E-state index is 13.3. The van der Waals surface area contributed by atoms with Crippen molar-refractivity contribution in [3.63, 3.8) is 0 Å². The summed E-state index contributed by atoms with van der Waals surface area (Å²) in [5.41, 5.74) is 0.373. The highest BCUT2D eigenvalue weighted by molar-refractivity contribution is 6.17. The largest absolute Gasteiger partial charge is 0.497 e. The molecule has 0 unspecified atom stereocenters. The van der Waals surface area contributed by atoms with Crippen LogP contribution in [0.25, 0.3) is 0 Å². The zero-order valence-electron chi connectivity index (χ0n) is 7.43. The van der Waals surface area contributed by atoms with Gasteiger partial charge >= 0.3 is 0 Å². The number of benzene rings is 1. The van der Waals surface area contributed by atoms with Crippen molar-refractivity contribution >= 4 is 11.6 Å². The third-order valence-corrected chi connectivity index (χ3v) is 1.98. The fraction of sp³-hybridized carbons (Fsp3) is 0.333. The van der Waals surface area contributed by atoms with Crippen LogP contribution in [0, 0.1) is 5.82 Å². The molecular formula is C9H10ClFO2. The highest BCUT2D eigenvalue weighted by Crippen LogP contribution is 2.27. The third kappa shape index (κ3) is 2.04. The van der Waals surface area contributed by atoms with E-state index in [9.17, 15) is 4.39 Å². The van der Waals surface area contributed by atoms with Gasteiger partial charge in [0.25, 0.3) is 0 Å². The van der Waals surface area contributed by atoms with Crippen molar-refractivity contribution in [2.24, 2.45) is 0 Å². The van der Waals surface area contributed by atoms with Gasteiger partial charge in [0.2, 0.25) is 0 Å². The lowest BCUT2D eigenvalue weighted by Crippen LogP contribution is -1.95. The summed E-state index contributed by atoms with van der Waals surface area (Å²) in [5, 5.41) is 0. The van der Waals surface area contributed by atoms with Crippen molar-refractivity contribution in [3.05, 3.63) is 23.5 Å². The predicted octanol–water partition coefficient (Wildman–Crippen LogP) is 2.58. The molecule has 72 valence electrons. The summed E-state index contributed by atoms with van der Waals surface area (Å²) in [6.07, 6.45) is 0. The third-order valence-electron chi connectivity index (χ3n) is 1.69. The van der Waals surface area contributed by atoms with Gasteiger partial charge in [-0.2, -0.15) is 0 Å². The monoisotopic (exact) mass is 204 g/mol. The molecule has 13 heavy (non-hydrogen) atoms. The first-order valence-corrected chi connectivity index (χ1v) is 4.22. The number of hydrogen-bond acceptors (Lipinski definition) is 2.